The molecule has 2 N–H and O–H groups in total. The lowest BCUT2D eigenvalue weighted by molar-refractivity contribution is -0.138. The van der Waals surface area contributed by atoms with Crippen LogP contribution in [0.4, 0.5) is 4.79 Å². The lowest BCUT2D eigenvalue weighted by Crippen LogP contribution is -2.55. The van der Waals surface area contributed by atoms with Gasteiger partial charge in [-0.1, -0.05) is 0 Å². The Balaban J connectivity index is 2.71. The van der Waals surface area contributed by atoms with Crippen molar-refractivity contribution in [3.8, 4) is 0 Å². The monoisotopic (exact) mass is 340 g/mol. The molecule has 0 radical (unpaired) electrons. The first-order valence-electron chi connectivity index (χ1n) is 6.41. The van der Waals surface area contributed by atoms with Gasteiger partial charge in [-0.2, -0.15) is 0 Å². The van der Waals surface area contributed by atoms with E-state index in [1.165, 1.54) is 11.2 Å². The van der Waals surface area contributed by atoms with Gasteiger partial charge in [0.2, 0.25) is 0 Å². The van der Waals surface area contributed by atoms with Crippen molar-refractivity contribution in [1.29, 1.82) is 0 Å². The number of hydrogen-bond donors (Lipinski definition) is 2. The molecule has 3 atom stereocenters. The number of hydrogen-bond acceptors (Lipinski definition) is 5. The van der Waals surface area contributed by atoms with Gasteiger partial charge in [-0.05, 0) is 6.92 Å². The van der Waals surface area contributed by atoms with Crippen molar-refractivity contribution < 1.29 is 27.3 Å². The molecule has 8 nitrogen and oxygen atoms in total. The first-order valence-corrected chi connectivity index (χ1v) is 9.85. The number of nitrogens with zero attached hydrogens (tertiary/aromatic N) is 1. The van der Waals surface area contributed by atoms with E-state index < -0.39 is 45.1 Å². The van der Waals surface area contributed by atoms with Crippen molar-refractivity contribution in [3.63, 3.8) is 0 Å². The lowest BCUT2D eigenvalue weighted by Gasteiger charge is -2.34. The van der Waals surface area contributed by atoms with E-state index in [1.807, 2.05) is 0 Å². The summed E-state index contributed by atoms with van der Waals surface area (Å²) in [5.41, 5.74) is 0. The number of carbonyl (C=O) groups excluding carboxylic acids is 1. The molecule has 21 heavy (non-hydrogen) atoms. The number of carboxylic acids is 1. The van der Waals surface area contributed by atoms with Gasteiger partial charge < -0.3 is 15.3 Å². The summed E-state index contributed by atoms with van der Waals surface area (Å²) in [6.45, 7) is 1.87. The zero-order chi connectivity index (χ0) is 16.2. The van der Waals surface area contributed by atoms with Gasteiger partial charge in [-0.3, -0.25) is 9.00 Å². The fraction of sp³-hybridized carbons (Fsp3) is 0.818. The van der Waals surface area contributed by atoms with E-state index in [-0.39, 0.29) is 29.8 Å². The normalized spacial score (nSPS) is 24.1. The van der Waals surface area contributed by atoms with Crippen LogP contribution in [-0.2, 0) is 25.4 Å². The molecule has 1 rings (SSSR count). The molecular formula is C11H20N2O6S2. The number of amides is 2. The summed E-state index contributed by atoms with van der Waals surface area (Å²) in [5, 5.41) is 11.2. The molecule has 1 heterocycles. The maximum Gasteiger partial charge on any atom is 0.317 e. The lowest BCUT2D eigenvalue weighted by atomic mass is 10.2. The van der Waals surface area contributed by atoms with Crippen LogP contribution in [0.5, 0.6) is 0 Å². The van der Waals surface area contributed by atoms with E-state index in [2.05, 4.69) is 5.32 Å². The van der Waals surface area contributed by atoms with Crippen molar-refractivity contribution in [1.82, 2.24) is 10.2 Å². The predicted molar refractivity (Wildman–Crippen MR) is 78.3 cm³/mol. The highest BCUT2D eigenvalue weighted by Gasteiger charge is 2.35. The minimum Gasteiger partial charge on any atom is -0.481 e. The summed E-state index contributed by atoms with van der Waals surface area (Å²) in [5.74, 6) is -1.67. The molecule has 0 saturated carbocycles. The molecule has 0 aromatic carbocycles. The Morgan fingerprint density at radius 3 is 2.62 bits per heavy atom. The topological polar surface area (TPSA) is 121 Å². The molecule has 0 bridgehead atoms. The second kappa shape index (κ2) is 7.21. The van der Waals surface area contributed by atoms with Gasteiger partial charge in [0.05, 0.1) is 24.0 Å². The molecule has 10 heteroatoms. The van der Waals surface area contributed by atoms with Crippen LogP contribution in [0.25, 0.3) is 0 Å². The van der Waals surface area contributed by atoms with Gasteiger partial charge >= 0.3 is 12.0 Å². The molecule has 0 aromatic rings. The quantitative estimate of drug-likeness (QED) is 0.665. The summed E-state index contributed by atoms with van der Waals surface area (Å²) in [6, 6.07) is -1.39. The Hall–Kier alpha value is -1.16. The standard InChI is InChI=1S/C11H20N2O6S2/c1-8(20(2)17)6-12-11(16)13-3-4-21(18,19)7-9(13)5-10(14)15/h8-9H,3-7H2,1-2H3,(H,12,16)(H,14,15). The van der Waals surface area contributed by atoms with Gasteiger partial charge in [-0.25, -0.2) is 13.2 Å². The Bertz CT molecular complexity index is 533. The molecule has 1 saturated heterocycles. The number of carbonyl (C=O) groups is 2. The van der Waals surface area contributed by atoms with Crippen LogP contribution < -0.4 is 5.32 Å². The number of aliphatic carboxylic acids is 1. The SMILES string of the molecule is CC(CNC(=O)N1CCS(=O)(=O)CC1CC(=O)O)S(C)=O. The van der Waals surface area contributed by atoms with E-state index in [9.17, 15) is 22.2 Å². The van der Waals surface area contributed by atoms with Crippen LogP contribution in [0.3, 0.4) is 0 Å². The van der Waals surface area contributed by atoms with E-state index >= 15 is 0 Å². The summed E-state index contributed by atoms with van der Waals surface area (Å²) in [4.78, 5) is 24.1. The number of urea groups is 1. The average molecular weight is 340 g/mol. The molecule has 3 unspecified atom stereocenters. The van der Waals surface area contributed by atoms with E-state index in [0.717, 1.165) is 0 Å². The molecular weight excluding hydrogens is 320 g/mol. The van der Waals surface area contributed by atoms with Crippen molar-refractivity contribution in [2.24, 2.45) is 0 Å². The maximum atomic E-state index is 12.1. The molecule has 0 aromatic heterocycles. The molecule has 0 spiro atoms. The zero-order valence-corrected chi connectivity index (χ0v) is 13.6. The highest BCUT2D eigenvalue weighted by molar-refractivity contribution is 7.91. The number of nitrogens with one attached hydrogen (secondary N) is 1. The van der Waals surface area contributed by atoms with E-state index in [1.54, 1.807) is 6.92 Å². The Morgan fingerprint density at radius 1 is 1.48 bits per heavy atom. The minimum atomic E-state index is -3.32. The Labute approximate surface area is 126 Å². The van der Waals surface area contributed by atoms with Crippen LogP contribution in [0.15, 0.2) is 0 Å². The summed E-state index contributed by atoms with van der Waals surface area (Å²) < 4.78 is 34.4. The highest BCUT2D eigenvalue weighted by Crippen LogP contribution is 2.15. The van der Waals surface area contributed by atoms with Crippen molar-refractivity contribution in [3.05, 3.63) is 0 Å². The van der Waals surface area contributed by atoms with Gasteiger partial charge in [0.25, 0.3) is 0 Å². The first kappa shape index (κ1) is 17.9. The van der Waals surface area contributed by atoms with Gasteiger partial charge in [-0.15, -0.1) is 0 Å². The van der Waals surface area contributed by atoms with Crippen molar-refractivity contribution >= 4 is 32.6 Å². The first-order chi connectivity index (χ1) is 9.62. The van der Waals surface area contributed by atoms with Crippen LogP contribution in [0.1, 0.15) is 13.3 Å². The number of carboxylic acid groups (broad SMARTS) is 1. The third-order valence-corrected chi connectivity index (χ3v) is 6.31. The third kappa shape index (κ3) is 5.62. The smallest absolute Gasteiger partial charge is 0.317 e. The van der Waals surface area contributed by atoms with Crippen LogP contribution in [0, 0.1) is 0 Å². The highest BCUT2D eigenvalue weighted by atomic mass is 32.2. The van der Waals surface area contributed by atoms with Gasteiger partial charge in [0, 0.05) is 35.4 Å². The molecule has 1 aliphatic heterocycles. The summed E-state index contributed by atoms with van der Waals surface area (Å²) in [7, 11) is -4.41. The number of rotatable bonds is 5. The second-order valence-corrected chi connectivity index (χ2v) is 9.09. The molecule has 2 amide bonds. The fourth-order valence-corrected chi connectivity index (χ4v) is 3.82. The fourth-order valence-electron chi connectivity index (χ4n) is 1.97. The van der Waals surface area contributed by atoms with Crippen LogP contribution in [0.2, 0.25) is 0 Å². The molecule has 122 valence electrons. The minimum absolute atomic E-state index is 0.0320. The van der Waals surface area contributed by atoms with E-state index in [0.29, 0.717) is 0 Å². The maximum absolute atomic E-state index is 12.1. The summed E-state index contributed by atoms with van der Waals surface area (Å²) in [6.07, 6.45) is 1.11. The predicted octanol–water partition coefficient (Wildman–Crippen LogP) is -0.963. The van der Waals surface area contributed by atoms with E-state index in [4.69, 9.17) is 5.11 Å². The number of sulfone groups is 1. The van der Waals surface area contributed by atoms with Crippen LogP contribution in [-0.4, -0.2) is 76.8 Å². The molecule has 1 fully saturated rings. The zero-order valence-electron chi connectivity index (χ0n) is 11.9. The Kier molecular flexibility index (Phi) is 6.14. The van der Waals surface area contributed by atoms with Crippen LogP contribution >= 0.6 is 0 Å². The molecule has 0 aliphatic carbocycles. The van der Waals surface area contributed by atoms with Crippen molar-refractivity contribution in [2.45, 2.75) is 24.6 Å². The van der Waals surface area contributed by atoms with Gasteiger partial charge in [0.15, 0.2) is 9.84 Å². The third-order valence-electron chi connectivity index (χ3n) is 3.31. The Morgan fingerprint density at radius 2 is 2.10 bits per heavy atom. The molecule has 1 aliphatic rings. The second-order valence-electron chi connectivity index (χ2n) is 5.05. The summed E-state index contributed by atoms with van der Waals surface area (Å²) >= 11 is 0. The average Bonchev–Trinajstić information content (AvgIpc) is 2.33. The van der Waals surface area contributed by atoms with Gasteiger partial charge in [0.1, 0.15) is 0 Å². The largest absolute Gasteiger partial charge is 0.481 e. The van der Waals surface area contributed by atoms with Crippen molar-refractivity contribution in [2.75, 3.05) is 30.9 Å².